The van der Waals surface area contributed by atoms with Gasteiger partial charge in [0.25, 0.3) is 0 Å². The molecule has 0 aliphatic rings. The molecule has 1 aromatic heterocycles. The highest BCUT2D eigenvalue weighted by Crippen LogP contribution is 2.22. The molecule has 112 valence electrons. The zero-order valence-corrected chi connectivity index (χ0v) is 12.0. The minimum atomic E-state index is -2.37. The van der Waals surface area contributed by atoms with Crippen LogP contribution in [0.4, 0.5) is 20.2 Å². The quantitative estimate of drug-likeness (QED) is 0.806. The third-order valence-electron chi connectivity index (χ3n) is 3.12. The van der Waals surface area contributed by atoms with Crippen molar-refractivity contribution in [3.8, 4) is 0 Å². The molecule has 0 fully saturated rings. The van der Waals surface area contributed by atoms with Gasteiger partial charge in [-0.1, -0.05) is 24.2 Å². The van der Waals surface area contributed by atoms with Crippen molar-refractivity contribution in [3.63, 3.8) is 0 Å². The monoisotopic (exact) mass is 299 g/mol. The summed E-state index contributed by atoms with van der Waals surface area (Å²) in [6.07, 6.45) is -0.999. The first-order valence-electron chi connectivity index (χ1n) is 6.80. The van der Waals surface area contributed by atoms with Crippen LogP contribution in [-0.4, -0.2) is 19.3 Å². The Balaban J connectivity index is 2.20. The summed E-state index contributed by atoms with van der Waals surface area (Å²) in [5, 5.41) is 3.11. The summed E-state index contributed by atoms with van der Waals surface area (Å²) in [4.78, 5) is 4.15. The van der Waals surface area contributed by atoms with E-state index in [0.29, 0.717) is 28.1 Å². The van der Waals surface area contributed by atoms with Gasteiger partial charge in [-0.2, -0.15) is 0 Å². The molecule has 3 N–H and O–H groups in total. The number of nitrogen functional groups attached to an aromatic ring is 1. The Morgan fingerprint density at radius 3 is 2.64 bits per heavy atom. The molecule has 0 unspecified atom stereocenters. The van der Waals surface area contributed by atoms with Gasteiger partial charge in [-0.25, -0.2) is 8.78 Å². The number of rotatable bonds is 6. The summed E-state index contributed by atoms with van der Waals surface area (Å²) in [6.45, 7) is 3.95. The summed E-state index contributed by atoms with van der Waals surface area (Å²) < 4.78 is 24.8. The van der Waals surface area contributed by atoms with Crippen LogP contribution in [0.25, 0.3) is 5.70 Å². The molecular formula is C16H16BF2N3. The fraction of sp³-hybridized carbons (Fsp3) is 0.188. The molecule has 1 heterocycles. The van der Waals surface area contributed by atoms with Gasteiger partial charge in [0.1, 0.15) is 7.85 Å². The summed E-state index contributed by atoms with van der Waals surface area (Å²) in [5.41, 5.74) is 9.37. The normalized spacial score (nSPS) is 10.7. The molecular weight excluding hydrogens is 283 g/mol. The number of hydrogen-bond acceptors (Lipinski definition) is 3. The first-order chi connectivity index (χ1) is 10.5. The van der Waals surface area contributed by atoms with Gasteiger partial charge >= 0.3 is 0 Å². The summed E-state index contributed by atoms with van der Waals surface area (Å²) in [5.74, 6) is 0. The van der Waals surface area contributed by atoms with Crippen LogP contribution in [0.2, 0.25) is 0 Å². The molecule has 0 aliphatic heterocycles. The van der Waals surface area contributed by atoms with Crippen LogP contribution in [0.1, 0.15) is 17.7 Å². The smallest absolute Gasteiger partial charge is 0.239 e. The molecule has 0 saturated carbocycles. The fourth-order valence-corrected chi connectivity index (χ4v) is 2.02. The van der Waals surface area contributed by atoms with Gasteiger partial charge in [0.05, 0.1) is 11.9 Å². The topological polar surface area (TPSA) is 50.9 Å². The highest BCUT2D eigenvalue weighted by atomic mass is 19.3. The Bertz CT molecular complexity index is 657. The van der Waals surface area contributed by atoms with Crippen LogP contribution < -0.4 is 16.5 Å². The van der Waals surface area contributed by atoms with Crippen molar-refractivity contribution < 1.29 is 8.78 Å². The van der Waals surface area contributed by atoms with Gasteiger partial charge in [0.2, 0.25) is 6.43 Å². The Morgan fingerprint density at radius 2 is 2.00 bits per heavy atom. The lowest BCUT2D eigenvalue weighted by atomic mass is 9.96. The number of nitrogens with one attached hydrogen (secondary N) is 1. The van der Waals surface area contributed by atoms with E-state index in [9.17, 15) is 8.78 Å². The van der Waals surface area contributed by atoms with E-state index >= 15 is 0 Å². The van der Waals surface area contributed by atoms with Gasteiger partial charge in [-0.15, -0.1) is 0 Å². The van der Waals surface area contributed by atoms with Crippen molar-refractivity contribution in [1.82, 2.24) is 4.98 Å². The van der Waals surface area contributed by atoms with Gasteiger partial charge in [-0.3, -0.25) is 4.98 Å². The Kier molecular flexibility index (Phi) is 5.14. The van der Waals surface area contributed by atoms with Crippen LogP contribution in [0.5, 0.6) is 0 Å². The second kappa shape index (κ2) is 7.07. The van der Waals surface area contributed by atoms with Crippen LogP contribution in [0.3, 0.4) is 0 Å². The lowest BCUT2D eigenvalue weighted by molar-refractivity contribution is 0.137. The number of alkyl halides is 2. The summed E-state index contributed by atoms with van der Waals surface area (Å²) in [7, 11) is 5.63. The molecule has 2 radical (unpaired) electrons. The fourth-order valence-electron chi connectivity index (χ4n) is 2.02. The van der Waals surface area contributed by atoms with E-state index in [2.05, 4.69) is 16.9 Å². The molecule has 1 aromatic carbocycles. The molecule has 0 bridgehead atoms. The van der Waals surface area contributed by atoms with Gasteiger partial charge < -0.3 is 11.1 Å². The van der Waals surface area contributed by atoms with E-state index in [4.69, 9.17) is 13.6 Å². The Labute approximate surface area is 129 Å². The molecule has 2 aromatic rings. The Morgan fingerprint density at radius 1 is 1.32 bits per heavy atom. The third-order valence-corrected chi connectivity index (χ3v) is 3.12. The Hall–Kier alpha value is -2.37. The minimum Gasteiger partial charge on any atom is -0.397 e. The highest BCUT2D eigenvalue weighted by molar-refractivity contribution is 6.32. The minimum absolute atomic E-state index is 0.162. The van der Waals surface area contributed by atoms with E-state index in [1.807, 2.05) is 0 Å². The van der Waals surface area contributed by atoms with Crippen molar-refractivity contribution >= 4 is 30.4 Å². The maximum Gasteiger partial charge on any atom is 0.239 e. The number of anilines is 2. The number of nitrogens with zero attached hydrogens (tertiary/aromatic N) is 1. The van der Waals surface area contributed by atoms with Crippen molar-refractivity contribution in [1.29, 1.82) is 0 Å². The van der Waals surface area contributed by atoms with Crippen LogP contribution >= 0.6 is 0 Å². The highest BCUT2D eigenvalue weighted by Gasteiger charge is 2.11. The maximum atomic E-state index is 12.4. The molecule has 0 aliphatic carbocycles. The molecule has 0 atom stereocenters. The molecule has 0 amide bonds. The van der Waals surface area contributed by atoms with Crippen LogP contribution in [-0.2, 0) is 6.42 Å². The van der Waals surface area contributed by atoms with Gasteiger partial charge in [0.15, 0.2) is 0 Å². The zero-order chi connectivity index (χ0) is 16.1. The number of halogens is 2. The van der Waals surface area contributed by atoms with Gasteiger partial charge in [0, 0.05) is 29.1 Å². The molecule has 0 spiro atoms. The van der Waals surface area contributed by atoms with Crippen molar-refractivity contribution in [2.45, 2.75) is 19.3 Å². The second-order valence-electron chi connectivity index (χ2n) is 4.92. The van der Waals surface area contributed by atoms with Gasteiger partial charge in [-0.05, 0) is 24.6 Å². The van der Waals surface area contributed by atoms with Crippen molar-refractivity contribution in [3.05, 3.63) is 54.4 Å². The maximum absolute atomic E-state index is 12.4. The summed E-state index contributed by atoms with van der Waals surface area (Å²) in [6, 6.07) is 8.80. The van der Waals surface area contributed by atoms with Crippen molar-refractivity contribution in [2.75, 3.05) is 11.1 Å². The first-order valence-corrected chi connectivity index (χ1v) is 6.80. The largest absolute Gasteiger partial charge is 0.397 e. The van der Waals surface area contributed by atoms with Crippen LogP contribution in [0, 0.1) is 0 Å². The van der Waals surface area contributed by atoms with E-state index in [1.54, 1.807) is 30.3 Å². The summed E-state index contributed by atoms with van der Waals surface area (Å²) >= 11 is 0. The lowest BCUT2D eigenvalue weighted by Gasteiger charge is -2.14. The molecule has 0 saturated heterocycles. The average Bonchev–Trinajstić information content (AvgIpc) is 2.48. The predicted octanol–water partition coefficient (Wildman–Crippen LogP) is 2.74. The number of hydrogen-bond donors (Lipinski definition) is 2. The average molecular weight is 299 g/mol. The number of nitrogens with two attached hydrogens (primary N) is 1. The molecule has 2 rings (SSSR count). The zero-order valence-electron chi connectivity index (χ0n) is 12.0. The first kappa shape index (κ1) is 16.0. The number of benzene rings is 1. The SMILES string of the molecule is [B]c1ccc(NC(=C)c2cc(N)cnc2CCC(F)F)cc1. The number of pyridine rings is 1. The van der Waals surface area contributed by atoms with E-state index in [0.717, 1.165) is 5.69 Å². The van der Waals surface area contributed by atoms with E-state index < -0.39 is 6.43 Å². The van der Waals surface area contributed by atoms with Crippen LogP contribution in [0.15, 0.2) is 43.1 Å². The van der Waals surface area contributed by atoms with E-state index in [1.165, 1.54) is 6.20 Å². The number of aromatic nitrogens is 1. The predicted molar refractivity (Wildman–Crippen MR) is 87.5 cm³/mol. The molecule has 6 heteroatoms. The van der Waals surface area contributed by atoms with E-state index in [-0.39, 0.29) is 12.8 Å². The second-order valence-corrected chi connectivity index (χ2v) is 4.92. The lowest BCUT2D eigenvalue weighted by Crippen LogP contribution is -2.07. The standard InChI is InChI=1S/C16H16BF2N3/c1-10(22-13-4-2-11(17)3-5-13)14-8-12(20)9-21-15(14)6-7-16(18)19/h2-5,8-9,16,22H,1,6-7,20H2. The number of aryl methyl sites for hydroxylation is 1. The molecule has 22 heavy (non-hydrogen) atoms. The van der Waals surface area contributed by atoms with Crippen molar-refractivity contribution in [2.24, 2.45) is 0 Å². The molecule has 3 nitrogen and oxygen atoms in total. The third kappa shape index (κ3) is 4.31.